The van der Waals surface area contributed by atoms with Crippen molar-refractivity contribution in [1.29, 1.82) is 0 Å². The summed E-state index contributed by atoms with van der Waals surface area (Å²) in [4.78, 5) is 14.2. The fourth-order valence-corrected chi connectivity index (χ4v) is 1.62. The first-order valence-electron chi connectivity index (χ1n) is 7.42. The first-order valence-corrected chi connectivity index (χ1v) is 7.42. The minimum atomic E-state index is -0.233. The maximum atomic E-state index is 12.3. The molecule has 120 valence electrons. The highest BCUT2D eigenvalue weighted by Crippen LogP contribution is 2.10. The number of carbonyl (C=O) groups excluding carboxylic acids is 1. The van der Waals surface area contributed by atoms with E-state index in [0.29, 0.717) is 12.4 Å². The van der Waals surface area contributed by atoms with Crippen molar-refractivity contribution in [3.05, 3.63) is 30.1 Å². The highest BCUT2D eigenvalue weighted by atomic mass is 19.1. The van der Waals surface area contributed by atoms with Crippen molar-refractivity contribution < 1.29 is 13.9 Å². The number of nitrogens with zero attached hydrogens (tertiary/aromatic N) is 2. The summed E-state index contributed by atoms with van der Waals surface area (Å²) >= 11 is 0. The van der Waals surface area contributed by atoms with Gasteiger partial charge in [-0.05, 0) is 38.2 Å². The smallest absolute Gasteiger partial charge is 0.209 e. The molecule has 0 N–H and O–H groups in total. The Bertz CT molecular complexity index is 363. The van der Waals surface area contributed by atoms with Crippen LogP contribution in [0.15, 0.2) is 24.3 Å². The Balaban J connectivity index is 0.000000342. The molecule has 1 aromatic carbocycles. The van der Waals surface area contributed by atoms with Crippen molar-refractivity contribution >= 4 is 6.41 Å². The summed E-state index contributed by atoms with van der Waals surface area (Å²) in [5.41, 5.74) is 0. The summed E-state index contributed by atoms with van der Waals surface area (Å²) in [6, 6.07) is 5.98. The normalized spacial score (nSPS) is 14.2. The molecule has 1 saturated heterocycles. The maximum absolute atomic E-state index is 12.3. The lowest BCUT2D eigenvalue weighted by molar-refractivity contribution is -0.119. The second-order valence-corrected chi connectivity index (χ2v) is 4.33. The minimum Gasteiger partial charge on any atom is -0.494 e. The number of benzene rings is 1. The summed E-state index contributed by atoms with van der Waals surface area (Å²) in [5.74, 6) is 0.479. The van der Waals surface area contributed by atoms with Crippen molar-refractivity contribution in [3.8, 4) is 5.75 Å². The van der Waals surface area contributed by atoms with E-state index in [1.165, 1.54) is 12.1 Å². The van der Waals surface area contributed by atoms with Crippen LogP contribution in [0.25, 0.3) is 0 Å². The standard InChI is InChI=1S/C8H9FO.C6H12N2O.C2H6/c1-2-10-8-5-3-7(9)4-6-8;1-7-2-4-8(6-9)5-3-7;1-2/h3-6H,2H2,1H3;6H,2-5H2,1H3;1-2H3. The molecule has 0 saturated carbocycles. The van der Waals surface area contributed by atoms with Crippen molar-refractivity contribution in [1.82, 2.24) is 9.80 Å². The van der Waals surface area contributed by atoms with Crippen LogP contribution in [0.3, 0.4) is 0 Å². The fourth-order valence-electron chi connectivity index (χ4n) is 1.62. The Morgan fingerprint density at radius 2 is 1.67 bits per heavy atom. The quantitative estimate of drug-likeness (QED) is 0.804. The Hall–Kier alpha value is -1.62. The van der Waals surface area contributed by atoms with Crippen LogP contribution in [0.4, 0.5) is 4.39 Å². The molecule has 0 aliphatic carbocycles. The summed E-state index contributed by atoms with van der Waals surface area (Å²) in [7, 11) is 2.07. The molecule has 2 rings (SSSR count). The van der Waals surface area contributed by atoms with E-state index in [-0.39, 0.29) is 5.82 Å². The predicted octanol–water partition coefficient (Wildman–Crippen LogP) is 2.64. The Morgan fingerprint density at radius 3 is 2.10 bits per heavy atom. The van der Waals surface area contributed by atoms with Crippen molar-refractivity contribution in [2.75, 3.05) is 39.8 Å². The van der Waals surface area contributed by atoms with E-state index < -0.39 is 0 Å². The molecule has 0 aromatic heterocycles. The van der Waals surface area contributed by atoms with Gasteiger partial charge in [-0.1, -0.05) is 13.8 Å². The number of rotatable bonds is 3. The molecule has 1 heterocycles. The second kappa shape index (κ2) is 12.1. The summed E-state index contributed by atoms with van der Waals surface area (Å²) in [5, 5.41) is 0. The highest BCUT2D eigenvalue weighted by molar-refractivity contribution is 5.47. The lowest BCUT2D eigenvalue weighted by atomic mass is 10.3. The molecule has 1 aliphatic rings. The predicted molar refractivity (Wildman–Crippen MR) is 84.1 cm³/mol. The Morgan fingerprint density at radius 1 is 1.14 bits per heavy atom. The topological polar surface area (TPSA) is 32.8 Å². The summed E-state index contributed by atoms with van der Waals surface area (Å²) in [6.07, 6.45) is 0.924. The van der Waals surface area contributed by atoms with Gasteiger partial charge < -0.3 is 14.5 Å². The van der Waals surface area contributed by atoms with Gasteiger partial charge in [0, 0.05) is 26.2 Å². The van der Waals surface area contributed by atoms with Gasteiger partial charge in [-0.15, -0.1) is 0 Å². The van der Waals surface area contributed by atoms with Crippen LogP contribution in [-0.2, 0) is 4.79 Å². The van der Waals surface area contributed by atoms with E-state index in [1.807, 2.05) is 20.8 Å². The zero-order valence-electron chi connectivity index (χ0n) is 13.5. The molecule has 0 unspecified atom stereocenters. The van der Waals surface area contributed by atoms with Gasteiger partial charge in [-0.25, -0.2) is 4.39 Å². The number of amides is 1. The van der Waals surface area contributed by atoms with Crippen LogP contribution >= 0.6 is 0 Å². The van der Waals surface area contributed by atoms with Crippen molar-refractivity contribution in [2.45, 2.75) is 20.8 Å². The number of halogens is 1. The van der Waals surface area contributed by atoms with E-state index >= 15 is 0 Å². The monoisotopic (exact) mass is 298 g/mol. The molecule has 21 heavy (non-hydrogen) atoms. The lowest BCUT2D eigenvalue weighted by Crippen LogP contribution is -2.43. The van der Waals surface area contributed by atoms with Crippen molar-refractivity contribution in [2.24, 2.45) is 0 Å². The molecule has 1 aromatic rings. The van der Waals surface area contributed by atoms with Gasteiger partial charge in [0.1, 0.15) is 11.6 Å². The molecule has 0 atom stereocenters. The molecule has 0 bridgehead atoms. The number of hydrogen-bond donors (Lipinski definition) is 0. The van der Waals surface area contributed by atoms with E-state index in [9.17, 15) is 9.18 Å². The number of likely N-dealkylation sites (N-methyl/N-ethyl adjacent to an activating group) is 1. The molecule has 0 spiro atoms. The average Bonchev–Trinajstić information content (AvgIpc) is 2.53. The molecule has 4 nitrogen and oxygen atoms in total. The maximum Gasteiger partial charge on any atom is 0.209 e. The first-order chi connectivity index (χ1) is 10.2. The van der Waals surface area contributed by atoms with Crippen LogP contribution < -0.4 is 4.74 Å². The zero-order valence-corrected chi connectivity index (χ0v) is 13.5. The molecular weight excluding hydrogens is 271 g/mol. The van der Waals surface area contributed by atoms with Gasteiger partial charge >= 0.3 is 0 Å². The molecule has 5 heteroatoms. The number of ether oxygens (including phenoxy) is 1. The van der Waals surface area contributed by atoms with E-state index in [4.69, 9.17) is 4.74 Å². The van der Waals surface area contributed by atoms with Gasteiger partial charge in [0.25, 0.3) is 0 Å². The van der Waals surface area contributed by atoms with E-state index in [0.717, 1.165) is 32.6 Å². The third-order valence-corrected chi connectivity index (χ3v) is 2.81. The lowest BCUT2D eigenvalue weighted by Gasteiger charge is -2.29. The zero-order chi connectivity index (χ0) is 16.1. The average molecular weight is 298 g/mol. The van der Waals surface area contributed by atoms with Crippen LogP contribution in [0.1, 0.15) is 20.8 Å². The van der Waals surface area contributed by atoms with Crippen LogP contribution in [0, 0.1) is 5.82 Å². The molecule has 1 fully saturated rings. The SMILES string of the molecule is CC.CCOc1ccc(F)cc1.CN1CCN(C=O)CC1. The second-order valence-electron chi connectivity index (χ2n) is 4.33. The third kappa shape index (κ3) is 9.02. The van der Waals surface area contributed by atoms with E-state index in [2.05, 4.69) is 11.9 Å². The van der Waals surface area contributed by atoms with Gasteiger partial charge in [0.2, 0.25) is 6.41 Å². The number of carbonyl (C=O) groups is 1. The number of piperazine rings is 1. The van der Waals surface area contributed by atoms with Crippen LogP contribution in [0.2, 0.25) is 0 Å². The molecule has 1 aliphatic heterocycles. The van der Waals surface area contributed by atoms with Gasteiger partial charge in [-0.2, -0.15) is 0 Å². The summed E-state index contributed by atoms with van der Waals surface area (Å²) < 4.78 is 17.4. The van der Waals surface area contributed by atoms with Gasteiger partial charge in [0.15, 0.2) is 0 Å². The van der Waals surface area contributed by atoms with Crippen LogP contribution in [-0.4, -0.2) is 56.0 Å². The minimum absolute atomic E-state index is 0.233. The van der Waals surface area contributed by atoms with Gasteiger partial charge in [-0.3, -0.25) is 4.79 Å². The Labute approximate surface area is 127 Å². The summed E-state index contributed by atoms with van der Waals surface area (Å²) in [6.45, 7) is 10.3. The molecule has 1 amide bonds. The van der Waals surface area contributed by atoms with Crippen LogP contribution in [0.5, 0.6) is 5.75 Å². The fraction of sp³-hybridized carbons (Fsp3) is 0.562. The third-order valence-electron chi connectivity index (χ3n) is 2.81. The first kappa shape index (κ1) is 19.4. The van der Waals surface area contributed by atoms with E-state index in [1.54, 1.807) is 17.0 Å². The molecular formula is C16H27FN2O2. The molecule has 0 radical (unpaired) electrons. The number of hydrogen-bond acceptors (Lipinski definition) is 3. The largest absolute Gasteiger partial charge is 0.494 e. The van der Waals surface area contributed by atoms with Gasteiger partial charge in [0.05, 0.1) is 6.61 Å². The van der Waals surface area contributed by atoms with Crippen molar-refractivity contribution in [3.63, 3.8) is 0 Å². The Kier molecular flexibility index (Phi) is 11.2. The highest BCUT2D eigenvalue weighted by Gasteiger charge is 2.10.